The molecule has 0 aliphatic heterocycles. The first-order chi connectivity index (χ1) is 17.5. The standard InChI is InChI=1S/C25H37N5O6S/c1-13(2)21(24(34)28-18(25(35)36)9-10-37-4)30-22(32)19(29-23(33)20(26)14(3)31)11-15-12-27-17-8-6-5-7-16(15)17/h5-8,12-14,18-21,27,31H,9-11,26H2,1-4H3,(H,28,34)(H,29,33)(H,30,32)(H,35,36). The lowest BCUT2D eigenvalue weighted by molar-refractivity contribution is -0.142. The predicted molar refractivity (Wildman–Crippen MR) is 143 cm³/mol. The number of thioether (sulfide) groups is 1. The molecule has 0 fully saturated rings. The van der Waals surface area contributed by atoms with Crippen LogP contribution in [0.2, 0.25) is 0 Å². The number of para-hydroxylation sites is 1. The van der Waals surface area contributed by atoms with Crippen molar-refractivity contribution in [2.75, 3.05) is 12.0 Å². The maximum atomic E-state index is 13.4. The highest BCUT2D eigenvalue weighted by Crippen LogP contribution is 2.19. The van der Waals surface area contributed by atoms with E-state index in [1.165, 1.54) is 18.7 Å². The molecule has 204 valence electrons. The van der Waals surface area contributed by atoms with Crippen LogP contribution in [0.5, 0.6) is 0 Å². The van der Waals surface area contributed by atoms with Crippen LogP contribution in [0.1, 0.15) is 32.8 Å². The Hall–Kier alpha value is -3.09. The zero-order chi connectivity index (χ0) is 27.7. The SMILES string of the molecule is CSCCC(NC(=O)C(NC(=O)C(Cc1c[nH]c2ccccc12)NC(=O)C(N)C(C)O)C(C)C)C(=O)O. The summed E-state index contributed by atoms with van der Waals surface area (Å²) in [5.74, 6) is -2.98. The van der Waals surface area contributed by atoms with E-state index in [9.17, 15) is 29.4 Å². The Morgan fingerprint density at radius 3 is 2.24 bits per heavy atom. The highest BCUT2D eigenvalue weighted by atomic mass is 32.2. The first-order valence-electron chi connectivity index (χ1n) is 12.1. The van der Waals surface area contributed by atoms with Gasteiger partial charge in [0.05, 0.1) is 6.10 Å². The van der Waals surface area contributed by atoms with E-state index in [-0.39, 0.29) is 18.8 Å². The van der Waals surface area contributed by atoms with Gasteiger partial charge >= 0.3 is 5.97 Å². The average molecular weight is 536 g/mol. The van der Waals surface area contributed by atoms with Gasteiger partial charge in [-0.25, -0.2) is 4.79 Å². The third-order valence-electron chi connectivity index (χ3n) is 6.03. The molecule has 8 N–H and O–H groups in total. The van der Waals surface area contributed by atoms with Gasteiger partial charge in [-0.2, -0.15) is 11.8 Å². The molecule has 2 aromatic rings. The number of benzene rings is 1. The Balaban J connectivity index is 2.27. The van der Waals surface area contributed by atoms with E-state index in [1.807, 2.05) is 30.5 Å². The number of fused-ring (bicyclic) bond motifs is 1. The number of aromatic nitrogens is 1. The average Bonchev–Trinajstić information content (AvgIpc) is 3.26. The predicted octanol–water partition coefficient (Wildman–Crippen LogP) is 0.367. The number of nitrogens with two attached hydrogens (primary N) is 1. The Labute approximate surface area is 220 Å². The fourth-order valence-electron chi connectivity index (χ4n) is 3.76. The summed E-state index contributed by atoms with van der Waals surface area (Å²) in [6.45, 7) is 4.81. The summed E-state index contributed by atoms with van der Waals surface area (Å²) in [6.07, 6.45) is 2.76. The molecule has 11 nitrogen and oxygen atoms in total. The van der Waals surface area contributed by atoms with Crippen molar-refractivity contribution in [3.8, 4) is 0 Å². The summed E-state index contributed by atoms with van der Waals surface area (Å²) in [7, 11) is 0. The summed E-state index contributed by atoms with van der Waals surface area (Å²) < 4.78 is 0. The lowest BCUT2D eigenvalue weighted by atomic mass is 10.00. The summed E-state index contributed by atoms with van der Waals surface area (Å²) >= 11 is 1.46. The monoisotopic (exact) mass is 535 g/mol. The molecule has 0 aliphatic rings. The maximum Gasteiger partial charge on any atom is 0.326 e. The fourth-order valence-corrected chi connectivity index (χ4v) is 4.23. The number of aliphatic hydroxyl groups is 1. The molecule has 0 saturated carbocycles. The quantitative estimate of drug-likeness (QED) is 0.181. The van der Waals surface area contributed by atoms with Crippen LogP contribution in [-0.2, 0) is 25.6 Å². The van der Waals surface area contributed by atoms with Gasteiger partial charge in [-0.05, 0) is 42.9 Å². The molecule has 5 atom stereocenters. The molecular weight excluding hydrogens is 498 g/mol. The minimum absolute atomic E-state index is 0.0893. The molecule has 1 heterocycles. The molecule has 2 rings (SSSR count). The number of aliphatic carboxylic acids is 1. The van der Waals surface area contributed by atoms with Crippen LogP contribution in [0.15, 0.2) is 30.5 Å². The minimum atomic E-state index is -1.25. The zero-order valence-corrected chi connectivity index (χ0v) is 22.3. The van der Waals surface area contributed by atoms with Gasteiger partial charge in [0.1, 0.15) is 24.2 Å². The van der Waals surface area contributed by atoms with Crippen molar-refractivity contribution in [2.45, 2.75) is 63.9 Å². The molecule has 0 aliphatic carbocycles. The van der Waals surface area contributed by atoms with Crippen LogP contribution in [0, 0.1) is 5.92 Å². The normalized spacial score (nSPS) is 15.4. The number of aromatic amines is 1. The summed E-state index contributed by atoms with van der Waals surface area (Å²) in [5, 5.41) is 27.8. The number of aliphatic hydroxyl groups excluding tert-OH is 1. The molecule has 1 aromatic carbocycles. The highest BCUT2D eigenvalue weighted by Gasteiger charge is 2.32. The first kappa shape index (κ1) is 30.1. The van der Waals surface area contributed by atoms with Crippen LogP contribution in [-0.4, -0.2) is 81.2 Å². The fraction of sp³-hybridized carbons (Fsp3) is 0.520. The van der Waals surface area contributed by atoms with Gasteiger partial charge < -0.3 is 36.9 Å². The van der Waals surface area contributed by atoms with E-state index in [0.29, 0.717) is 5.75 Å². The van der Waals surface area contributed by atoms with Crippen molar-refractivity contribution in [1.29, 1.82) is 0 Å². The van der Waals surface area contributed by atoms with Crippen molar-refractivity contribution in [1.82, 2.24) is 20.9 Å². The lowest BCUT2D eigenvalue weighted by Crippen LogP contribution is -2.59. The zero-order valence-electron chi connectivity index (χ0n) is 21.5. The highest BCUT2D eigenvalue weighted by molar-refractivity contribution is 7.98. The summed E-state index contributed by atoms with van der Waals surface area (Å²) in [4.78, 5) is 53.7. The third kappa shape index (κ3) is 8.48. The number of carbonyl (C=O) groups is 4. The summed E-state index contributed by atoms with van der Waals surface area (Å²) in [5.41, 5.74) is 7.39. The van der Waals surface area contributed by atoms with Crippen LogP contribution in [0.25, 0.3) is 10.9 Å². The van der Waals surface area contributed by atoms with Crippen molar-refractivity contribution in [2.24, 2.45) is 11.7 Å². The molecule has 0 saturated heterocycles. The second kappa shape index (κ2) is 14.0. The van der Waals surface area contributed by atoms with Crippen LogP contribution >= 0.6 is 11.8 Å². The van der Waals surface area contributed by atoms with Crippen molar-refractivity contribution in [3.05, 3.63) is 36.0 Å². The topological polar surface area (TPSA) is 187 Å². The van der Waals surface area contributed by atoms with Gasteiger partial charge in [0.2, 0.25) is 17.7 Å². The molecule has 0 bridgehead atoms. The molecule has 12 heteroatoms. The number of nitrogens with one attached hydrogen (secondary N) is 4. The Morgan fingerprint density at radius 2 is 1.65 bits per heavy atom. The van der Waals surface area contributed by atoms with Crippen LogP contribution in [0.3, 0.4) is 0 Å². The largest absolute Gasteiger partial charge is 0.480 e. The van der Waals surface area contributed by atoms with Gasteiger partial charge in [0.25, 0.3) is 0 Å². The molecule has 3 amide bonds. The van der Waals surface area contributed by atoms with Crippen molar-refractivity contribution >= 4 is 46.4 Å². The molecule has 0 spiro atoms. The maximum absolute atomic E-state index is 13.4. The lowest BCUT2D eigenvalue weighted by Gasteiger charge is -2.27. The Morgan fingerprint density at radius 1 is 1.00 bits per heavy atom. The van der Waals surface area contributed by atoms with E-state index in [4.69, 9.17) is 5.73 Å². The number of hydrogen-bond acceptors (Lipinski definition) is 7. The Bertz CT molecular complexity index is 1090. The number of carbonyl (C=O) groups excluding carboxylic acids is 3. The van der Waals surface area contributed by atoms with Gasteiger partial charge in [0.15, 0.2) is 0 Å². The van der Waals surface area contributed by atoms with E-state index >= 15 is 0 Å². The third-order valence-corrected chi connectivity index (χ3v) is 6.67. The Kier molecular flexibility index (Phi) is 11.4. The number of carboxylic acids is 1. The molecular formula is C25H37N5O6S. The van der Waals surface area contributed by atoms with Gasteiger partial charge in [-0.1, -0.05) is 32.0 Å². The molecule has 37 heavy (non-hydrogen) atoms. The van der Waals surface area contributed by atoms with Crippen molar-refractivity contribution in [3.63, 3.8) is 0 Å². The number of carboxylic acid groups (broad SMARTS) is 1. The number of amides is 3. The van der Waals surface area contributed by atoms with E-state index < -0.39 is 54.0 Å². The van der Waals surface area contributed by atoms with Gasteiger partial charge in [-0.15, -0.1) is 0 Å². The number of hydrogen-bond donors (Lipinski definition) is 7. The second-order valence-electron chi connectivity index (χ2n) is 9.30. The summed E-state index contributed by atoms with van der Waals surface area (Å²) in [6, 6.07) is 2.97. The minimum Gasteiger partial charge on any atom is -0.480 e. The van der Waals surface area contributed by atoms with Crippen LogP contribution < -0.4 is 21.7 Å². The van der Waals surface area contributed by atoms with E-state index in [2.05, 4.69) is 20.9 Å². The first-order valence-corrected chi connectivity index (χ1v) is 13.5. The van der Waals surface area contributed by atoms with Crippen molar-refractivity contribution < 1.29 is 29.4 Å². The van der Waals surface area contributed by atoms with E-state index in [1.54, 1.807) is 20.0 Å². The number of rotatable bonds is 14. The smallest absolute Gasteiger partial charge is 0.326 e. The second-order valence-corrected chi connectivity index (χ2v) is 10.3. The van der Waals surface area contributed by atoms with Gasteiger partial charge in [0, 0.05) is 23.5 Å². The molecule has 5 unspecified atom stereocenters. The van der Waals surface area contributed by atoms with E-state index in [0.717, 1.165) is 16.5 Å². The van der Waals surface area contributed by atoms with Crippen LogP contribution in [0.4, 0.5) is 0 Å². The molecule has 1 aromatic heterocycles. The van der Waals surface area contributed by atoms with Gasteiger partial charge in [-0.3, -0.25) is 14.4 Å². The molecule has 0 radical (unpaired) electrons. The number of H-pyrrole nitrogens is 1.